The Bertz CT molecular complexity index is 754. The second-order valence-corrected chi connectivity index (χ2v) is 5.75. The predicted octanol–water partition coefficient (Wildman–Crippen LogP) is 2.74. The standard InChI is InChI=1S/C13H13FN6OS/c1-8(2)20-13(16-18-19-20)22-7-11-15-12(17-21-11)9-3-5-10(14)6-4-9/h3-6,8H,7H2,1-2H3. The van der Waals surface area contributed by atoms with E-state index in [0.717, 1.165) is 0 Å². The SMILES string of the molecule is CC(C)n1nnnc1SCc1nc(-c2ccc(F)cc2)no1. The van der Waals surface area contributed by atoms with Crippen LogP contribution in [-0.2, 0) is 5.75 Å². The first kappa shape index (κ1) is 14.6. The molecule has 0 saturated carbocycles. The van der Waals surface area contributed by atoms with Crippen molar-refractivity contribution >= 4 is 11.8 Å². The van der Waals surface area contributed by atoms with Crippen LogP contribution in [0.1, 0.15) is 25.8 Å². The molecule has 3 aromatic rings. The summed E-state index contributed by atoms with van der Waals surface area (Å²) in [7, 11) is 0. The van der Waals surface area contributed by atoms with Crippen LogP contribution in [0, 0.1) is 5.82 Å². The first-order valence-corrected chi connectivity index (χ1v) is 7.61. The van der Waals surface area contributed by atoms with Gasteiger partial charge in [-0.15, -0.1) is 5.10 Å². The molecule has 0 bridgehead atoms. The van der Waals surface area contributed by atoms with E-state index < -0.39 is 0 Å². The number of rotatable bonds is 5. The highest BCUT2D eigenvalue weighted by Gasteiger charge is 2.13. The van der Waals surface area contributed by atoms with E-state index in [1.165, 1.54) is 23.9 Å². The minimum Gasteiger partial charge on any atom is -0.338 e. The summed E-state index contributed by atoms with van der Waals surface area (Å²) in [5.74, 6) is 1.05. The van der Waals surface area contributed by atoms with E-state index in [1.54, 1.807) is 16.8 Å². The van der Waals surface area contributed by atoms with Crippen LogP contribution in [0.2, 0.25) is 0 Å². The fourth-order valence-electron chi connectivity index (χ4n) is 1.76. The molecular weight excluding hydrogens is 307 g/mol. The second-order valence-electron chi connectivity index (χ2n) is 4.81. The number of hydrogen-bond acceptors (Lipinski definition) is 7. The summed E-state index contributed by atoms with van der Waals surface area (Å²) in [5, 5.41) is 16.1. The predicted molar refractivity (Wildman–Crippen MR) is 77.5 cm³/mol. The van der Waals surface area contributed by atoms with Gasteiger partial charge >= 0.3 is 0 Å². The topological polar surface area (TPSA) is 82.5 Å². The van der Waals surface area contributed by atoms with E-state index in [9.17, 15) is 4.39 Å². The number of thioether (sulfide) groups is 1. The highest BCUT2D eigenvalue weighted by atomic mass is 32.2. The van der Waals surface area contributed by atoms with Crippen molar-refractivity contribution in [2.75, 3.05) is 0 Å². The maximum Gasteiger partial charge on any atom is 0.237 e. The lowest BCUT2D eigenvalue weighted by atomic mass is 10.2. The maximum absolute atomic E-state index is 12.9. The Morgan fingerprint density at radius 1 is 1.27 bits per heavy atom. The number of benzene rings is 1. The first-order valence-electron chi connectivity index (χ1n) is 6.62. The molecule has 0 aliphatic carbocycles. The third-order valence-electron chi connectivity index (χ3n) is 2.85. The quantitative estimate of drug-likeness (QED) is 0.668. The monoisotopic (exact) mass is 320 g/mol. The molecule has 9 heteroatoms. The van der Waals surface area contributed by atoms with Crippen LogP contribution in [-0.4, -0.2) is 30.3 Å². The normalized spacial score (nSPS) is 11.3. The average Bonchev–Trinajstić information content (AvgIpc) is 3.15. The number of hydrogen-bond donors (Lipinski definition) is 0. The molecule has 0 fully saturated rings. The summed E-state index contributed by atoms with van der Waals surface area (Å²) in [4.78, 5) is 4.29. The van der Waals surface area contributed by atoms with Crippen molar-refractivity contribution in [1.29, 1.82) is 0 Å². The van der Waals surface area contributed by atoms with Gasteiger partial charge in [0, 0.05) is 5.56 Å². The zero-order valence-electron chi connectivity index (χ0n) is 12.0. The maximum atomic E-state index is 12.9. The molecule has 2 aromatic heterocycles. The molecule has 0 aliphatic rings. The molecule has 0 amide bonds. The highest BCUT2D eigenvalue weighted by Crippen LogP contribution is 2.23. The molecular formula is C13H13FN6OS. The van der Waals surface area contributed by atoms with E-state index in [1.807, 2.05) is 13.8 Å². The van der Waals surface area contributed by atoms with Gasteiger partial charge in [0.1, 0.15) is 5.82 Å². The van der Waals surface area contributed by atoms with Gasteiger partial charge in [0.2, 0.25) is 16.9 Å². The summed E-state index contributed by atoms with van der Waals surface area (Å²) < 4.78 is 19.8. The molecule has 7 nitrogen and oxygen atoms in total. The molecule has 2 heterocycles. The van der Waals surface area contributed by atoms with Crippen LogP contribution in [0.4, 0.5) is 4.39 Å². The van der Waals surface area contributed by atoms with Crippen LogP contribution in [0.3, 0.4) is 0 Å². The second kappa shape index (κ2) is 6.22. The number of aromatic nitrogens is 6. The van der Waals surface area contributed by atoms with Crippen molar-refractivity contribution in [3.05, 3.63) is 36.0 Å². The van der Waals surface area contributed by atoms with Gasteiger partial charge in [-0.05, 0) is 48.5 Å². The molecule has 0 aliphatic heterocycles. The van der Waals surface area contributed by atoms with Crippen molar-refractivity contribution < 1.29 is 8.91 Å². The Morgan fingerprint density at radius 2 is 2.05 bits per heavy atom. The van der Waals surface area contributed by atoms with Crippen molar-refractivity contribution in [2.24, 2.45) is 0 Å². The Kier molecular flexibility index (Phi) is 4.14. The van der Waals surface area contributed by atoms with Gasteiger partial charge in [-0.25, -0.2) is 9.07 Å². The Hall–Kier alpha value is -2.29. The minimum absolute atomic E-state index is 0.176. The smallest absolute Gasteiger partial charge is 0.237 e. The molecule has 0 unspecified atom stereocenters. The van der Waals surface area contributed by atoms with E-state index in [4.69, 9.17) is 4.52 Å². The highest BCUT2D eigenvalue weighted by molar-refractivity contribution is 7.98. The van der Waals surface area contributed by atoms with E-state index in [0.29, 0.717) is 28.2 Å². The van der Waals surface area contributed by atoms with Crippen molar-refractivity contribution in [2.45, 2.75) is 30.8 Å². The van der Waals surface area contributed by atoms with Gasteiger partial charge < -0.3 is 4.52 Å². The molecule has 1 aromatic carbocycles. The summed E-state index contributed by atoms with van der Waals surface area (Å²) in [5.41, 5.74) is 0.702. The lowest BCUT2D eigenvalue weighted by Gasteiger charge is -2.05. The lowest BCUT2D eigenvalue weighted by molar-refractivity contribution is 0.391. The van der Waals surface area contributed by atoms with Gasteiger partial charge in [-0.3, -0.25) is 0 Å². The van der Waals surface area contributed by atoms with Crippen LogP contribution in [0.5, 0.6) is 0 Å². The summed E-state index contributed by atoms with van der Waals surface area (Å²) in [6.45, 7) is 4.00. The molecule has 22 heavy (non-hydrogen) atoms. The van der Waals surface area contributed by atoms with Crippen LogP contribution in [0.25, 0.3) is 11.4 Å². The lowest BCUT2D eigenvalue weighted by Crippen LogP contribution is -2.04. The Morgan fingerprint density at radius 3 is 2.77 bits per heavy atom. The molecule has 0 N–H and O–H groups in total. The van der Waals surface area contributed by atoms with Crippen molar-refractivity contribution in [1.82, 2.24) is 30.3 Å². The summed E-state index contributed by atoms with van der Waals surface area (Å²) in [6, 6.07) is 6.11. The van der Waals surface area contributed by atoms with E-state index in [-0.39, 0.29) is 11.9 Å². The first-order chi connectivity index (χ1) is 10.6. The van der Waals surface area contributed by atoms with E-state index >= 15 is 0 Å². The van der Waals surface area contributed by atoms with Gasteiger partial charge in [0.25, 0.3) is 0 Å². The number of tetrazole rings is 1. The molecule has 0 atom stereocenters. The Balaban J connectivity index is 1.69. The van der Waals surface area contributed by atoms with E-state index in [2.05, 4.69) is 25.7 Å². The van der Waals surface area contributed by atoms with Gasteiger partial charge in [-0.2, -0.15) is 4.98 Å². The van der Waals surface area contributed by atoms with Crippen LogP contribution < -0.4 is 0 Å². The third kappa shape index (κ3) is 3.14. The zero-order chi connectivity index (χ0) is 15.5. The molecule has 0 spiro atoms. The van der Waals surface area contributed by atoms with Crippen LogP contribution >= 0.6 is 11.8 Å². The minimum atomic E-state index is -0.302. The van der Waals surface area contributed by atoms with Crippen LogP contribution in [0.15, 0.2) is 33.9 Å². The number of nitrogens with zero attached hydrogens (tertiary/aromatic N) is 6. The van der Waals surface area contributed by atoms with Gasteiger partial charge in [-0.1, -0.05) is 16.9 Å². The average molecular weight is 320 g/mol. The van der Waals surface area contributed by atoms with Gasteiger partial charge in [0.15, 0.2) is 0 Å². The summed E-state index contributed by atoms with van der Waals surface area (Å²) in [6.07, 6.45) is 0. The zero-order valence-corrected chi connectivity index (χ0v) is 12.8. The fraction of sp³-hybridized carbons (Fsp3) is 0.308. The third-order valence-corrected chi connectivity index (χ3v) is 3.77. The fourth-order valence-corrected chi connectivity index (χ4v) is 2.60. The molecule has 114 valence electrons. The van der Waals surface area contributed by atoms with Crippen molar-refractivity contribution in [3.63, 3.8) is 0 Å². The summed E-state index contributed by atoms with van der Waals surface area (Å²) >= 11 is 1.42. The largest absolute Gasteiger partial charge is 0.338 e. The molecule has 0 saturated heterocycles. The molecule has 0 radical (unpaired) electrons. The Labute approximate surface area is 129 Å². The van der Waals surface area contributed by atoms with Gasteiger partial charge in [0.05, 0.1) is 11.8 Å². The number of halogens is 1. The van der Waals surface area contributed by atoms with Crippen molar-refractivity contribution in [3.8, 4) is 11.4 Å². The molecule has 3 rings (SSSR count).